The van der Waals surface area contributed by atoms with Crippen LogP contribution < -0.4 is 10.1 Å². The normalized spacial score (nSPS) is 12.1. The number of fused-ring (bicyclic) bond motifs is 1. The first-order chi connectivity index (χ1) is 19.1. The highest BCUT2D eigenvalue weighted by Crippen LogP contribution is 2.38. The summed E-state index contributed by atoms with van der Waals surface area (Å²) in [5, 5.41) is 4.49. The average molecular weight is 596 g/mol. The minimum atomic E-state index is -5.31. The molecule has 1 unspecified atom stereocenters. The Hall–Kier alpha value is -3.96. The molecule has 0 spiro atoms. The first-order valence-electron chi connectivity index (χ1n) is 11.9. The van der Waals surface area contributed by atoms with E-state index in [1.54, 1.807) is 42.7 Å². The molecule has 2 aromatic carbocycles. The summed E-state index contributed by atoms with van der Waals surface area (Å²) in [6.07, 6.45) is -1.72. The molecule has 2 N–H and O–H groups in total. The zero-order valence-electron chi connectivity index (χ0n) is 20.6. The molecule has 1 atom stereocenters. The van der Waals surface area contributed by atoms with Crippen molar-refractivity contribution < 1.29 is 37.3 Å². The van der Waals surface area contributed by atoms with Crippen molar-refractivity contribution in [2.24, 2.45) is 0 Å². The van der Waals surface area contributed by atoms with E-state index >= 15 is 0 Å². The molecule has 210 valence electrons. The summed E-state index contributed by atoms with van der Waals surface area (Å²) in [6, 6.07) is 15.6. The first-order valence-corrected chi connectivity index (χ1v) is 12.7. The Kier molecular flexibility index (Phi) is 9.38. The molecule has 0 aliphatic rings. The van der Waals surface area contributed by atoms with Crippen LogP contribution in [0.2, 0.25) is 10.0 Å². The van der Waals surface area contributed by atoms with Gasteiger partial charge in [-0.15, -0.1) is 0 Å². The smallest absolute Gasteiger partial charge is 0.493 e. The Labute approximate surface area is 236 Å². The standard InChI is InChI=1S/C27H22Cl2F3N3O5/c28-16-5-7-18(22(29)12-16)20(14-25(36)39-40-26(37)27(30,31)32)21-15-35-23-13-17(6-8-19(21)23)38-11-3-10-34-24-4-1-2-9-33-24/h1-2,4-9,12-13,15,20,35H,3,10-11,14H2,(H,33,34). The van der Waals surface area contributed by atoms with Gasteiger partial charge >= 0.3 is 18.1 Å². The van der Waals surface area contributed by atoms with Crippen LogP contribution in [0.4, 0.5) is 19.0 Å². The number of rotatable bonds is 10. The third-order valence-electron chi connectivity index (χ3n) is 5.77. The van der Waals surface area contributed by atoms with Crippen LogP contribution in [0.3, 0.4) is 0 Å². The van der Waals surface area contributed by atoms with Crippen molar-refractivity contribution in [2.45, 2.75) is 24.9 Å². The van der Waals surface area contributed by atoms with Crippen molar-refractivity contribution in [3.05, 3.63) is 88.2 Å². The monoisotopic (exact) mass is 595 g/mol. The van der Waals surface area contributed by atoms with Crippen LogP contribution >= 0.6 is 23.2 Å². The molecule has 13 heteroatoms. The lowest BCUT2D eigenvalue weighted by Gasteiger charge is -2.18. The number of hydrogen-bond acceptors (Lipinski definition) is 7. The van der Waals surface area contributed by atoms with Gasteiger partial charge in [-0.05, 0) is 53.9 Å². The predicted molar refractivity (Wildman–Crippen MR) is 142 cm³/mol. The molecule has 0 amide bonds. The lowest BCUT2D eigenvalue weighted by atomic mass is 9.88. The Morgan fingerprint density at radius 3 is 2.58 bits per heavy atom. The lowest BCUT2D eigenvalue weighted by Crippen LogP contribution is -2.27. The summed E-state index contributed by atoms with van der Waals surface area (Å²) in [7, 11) is 0. The van der Waals surface area contributed by atoms with Crippen LogP contribution in [0.15, 0.2) is 67.0 Å². The number of hydrogen-bond donors (Lipinski definition) is 2. The minimum absolute atomic E-state index is 0.228. The Morgan fingerprint density at radius 1 is 1.02 bits per heavy atom. The summed E-state index contributed by atoms with van der Waals surface area (Å²) in [4.78, 5) is 38.5. The first kappa shape index (κ1) is 29.0. The Morgan fingerprint density at radius 2 is 1.85 bits per heavy atom. The molecule has 0 radical (unpaired) electrons. The summed E-state index contributed by atoms with van der Waals surface area (Å²) in [5.74, 6) is -3.24. The van der Waals surface area contributed by atoms with Crippen molar-refractivity contribution in [1.29, 1.82) is 0 Å². The number of ether oxygens (including phenoxy) is 1. The van der Waals surface area contributed by atoms with Crippen molar-refractivity contribution in [3.8, 4) is 5.75 Å². The van der Waals surface area contributed by atoms with Crippen molar-refractivity contribution in [3.63, 3.8) is 0 Å². The van der Waals surface area contributed by atoms with Gasteiger partial charge < -0.3 is 15.0 Å². The van der Waals surface area contributed by atoms with Crippen molar-refractivity contribution >= 4 is 51.9 Å². The number of benzene rings is 2. The maximum absolute atomic E-state index is 12.4. The number of aromatic nitrogens is 2. The fraction of sp³-hybridized carbons (Fsp3) is 0.222. The van der Waals surface area contributed by atoms with Crippen LogP contribution in [-0.4, -0.2) is 41.2 Å². The molecule has 0 fully saturated rings. The van der Waals surface area contributed by atoms with Gasteiger partial charge in [0.1, 0.15) is 11.6 Å². The Bertz CT molecular complexity index is 1480. The van der Waals surface area contributed by atoms with E-state index < -0.39 is 30.5 Å². The molecule has 4 aromatic rings. The summed E-state index contributed by atoms with van der Waals surface area (Å²) in [5.41, 5.74) is 1.75. The second-order valence-corrected chi connectivity index (χ2v) is 9.39. The van der Waals surface area contributed by atoms with Crippen LogP contribution in [0.5, 0.6) is 5.75 Å². The van der Waals surface area contributed by atoms with E-state index in [1.165, 1.54) is 6.07 Å². The number of anilines is 1. The van der Waals surface area contributed by atoms with E-state index in [1.807, 2.05) is 18.2 Å². The van der Waals surface area contributed by atoms with E-state index in [9.17, 15) is 22.8 Å². The summed E-state index contributed by atoms with van der Waals surface area (Å²) >= 11 is 12.4. The van der Waals surface area contributed by atoms with E-state index in [4.69, 9.17) is 27.9 Å². The fourth-order valence-corrected chi connectivity index (χ4v) is 4.50. The number of H-pyrrole nitrogens is 1. The van der Waals surface area contributed by atoms with Gasteiger partial charge in [-0.25, -0.2) is 24.3 Å². The SMILES string of the molecule is O=C(CC(c1ccc(Cl)cc1Cl)c1c[nH]c2cc(OCCCNc3ccccn3)ccc12)OOC(=O)C(F)(F)F. The van der Waals surface area contributed by atoms with Gasteiger partial charge in [0.2, 0.25) is 0 Å². The van der Waals surface area contributed by atoms with Crippen LogP contribution in [0, 0.1) is 0 Å². The third-order valence-corrected chi connectivity index (χ3v) is 6.33. The van der Waals surface area contributed by atoms with E-state index in [-0.39, 0.29) is 5.02 Å². The zero-order chi connectivity index (χ0) is 28.7. The number of nitrogens with zero attached hydrogens (tertiary/aromatic N) is 1. The van der Waals surface area contributed by atoms with Gasteiger partial charge in [0.05, 0.1) is 13.0 Å². The zero-order valence-corrected chi connectivity index (χ0v) is 22.1. The summed E-state index contributed by atoms with van der Waals surface area (Å²) < 4.78 is 43.1. The predicted octanol–water partition coefficient (Wildman–Crippen LogP) is 6.84. The van der Waals surface area contributed by atoms with Gasteiger partial charge in [0.25, 0.3) is 0 Å². The molecule has 0 saturated heterocycles. The average Bonchev–Trinajstić information content (AvgIpc) is 3.33. The molecular weight excluding hydrogens is 574 g/mol. The Balaban J connectivity index is 1.47. The van der Waals surface area contributed by atoms with Gasteiger partial charge in [-0.1, -0.05) is 35.3 Å². The number of pyridine rings is 1. The molecule has 0 aliphatic heterocycles. The third kappa shape index (κ3) is 7.57. The second kappa shape index (κ2) is 12.9. The molecule has 8 nitrogen and oxygen atoms in total. The topological polar surface area (TPSA) is 103 Å². The molecule has 40 heavy (non-hydrogen) atoms. The summed E-state index contributed by atoms with van der Waals surface area (Å²) in [6.45, 7) is 1.12. The molecule has 2 heterocycles. The number of aromatic amines is 1. The van der Waals surface area contributed by atoms with E-state index in [2.05, 4.69) is 25.1 Å². The van der Waals surface area contributed by atoms with Crippen molar-refractivity contribution in [1.82, 2.24) is 9.97 Å². The lowest BCUT2D eigenvalue weighted by molar-refractivity contribution is -0.285. The largest absolute Gasteiger partial charge is 0.495 e. The van der Waals surface area contributed by atoms with Crippen LogP contribution in [-0.2, 0) is 19.4 Å². The highest BCUT2D eigenvalue weighted by atomic mass is 35.5. The van der Waals surface area contributed by atoms with Crippen LogP contribution in [0.1, 0.15) is 29.9 Å². The molecule has 4 rings (SSSR count). The molecule has 0 saturated carbocycles. The minimum Gasteiger partial charge on any atom is -0.493 e. The van der Waals surface area contributed by atoms with Gasteiger partial charge in [-0.2, -0.15) is 13.2 Å². The number of halogens is 5. The second-order valence-electron chi connectivity index (χ2n) is 8.54. The van der Waals surface area contributed by atoms with E-state index in [0.717, 1.165) is 12.2 Å². The van der Waals surface area contributed by atoms with Crippen molar-refractivity contribution in [2.75, 3.05) is 18.5 Å². The number of carbonyl (C=O) groups excluding carboxylic acids is 2. The quantitative estimate of drug-likeness (QED) is 0.118. The maximum atomic E-state index is 12.4. The van der Waals surface area contributed by atoms with Gasteiger partial charge in [-0.3, -0.25) is 0 Å². The number of nitrogens with one attached hydrogen (secondary N) is 2. The number of alkyl halides is 3. The van der Waals surface area contributed by atoms with Gasteiger partial charge in [0, 0.05) is 51.9 Å². The highest BCUT2D eigenvalue weighted by Gasteiger charge is 2.43. The molecule has 2 aromatic heterocycles. The molecule has 0 bridgehead atoms. The van der Waals surface area contributed by atoms with Gasteiger partial charge in [0.15, 0.2) is 0 Å². The molecular formula is C27H22Cl2F3N3O5. The van der Waals surface area contributed by atoms with E-state index in [0.29, 0.717) is 46.0 Å². The highest BCUT2D eigenvalue weighted by molar-refractivity contribution is 6.35. The number of carbonyl (C=O) groups is 2. The maximum Gasteiger partial charge on any atom is 0.495 e. The molecule has 0 aliphatic carbocycles. The van der Waals surface area contributed by atoms with Crippen LogP contribution in [0.25, 0.3) is 10.9 Å². The fourth-order valence-electron chi connectivity index (χ4n) is 3.96.